The van der Waals surface area contributed by atoms with Gasteiger partial charge in [-0.25, -0.2) is 14.5 Å². The van der Waals surface area contributed by atoms with Crippen molar-refractivity contribution in [2.24, 2.45) is 0 Å². The molecule has 0 amide bonds. The molecular formula is C18H16N4O3S. The van der Waals surface area contributed by atoms with Crippen molar-refractivity contribution >= 4 is 16.3 Å². The van der Waals surface area contributed by atoms with Crippen LogP contribution in [-0.2, 0) is 0 Å². The summed E-state index contributed by atoms with van der Waals surface area (Å²) in [6, 6.07) is 9.04. The zero-order valence-corrected chi connectivity index (χ0v) is 15.2. The molecule has 4 rings (SSSR count). The minimum absolute atomic E-state index is 0.0127. The van der Waals surface area contributed by atoms with Gasteiger partial charge in [-0.3, -0.25) is 0 Å². The third-order valence-corrected chi connectivity index (χ3v) is 5.04. The Morgan fingerprint density at radius 2 is 1.81 bits per heavy atom. The highest BCUT2D eigenvalue weighted by atomic mass is 32.1. The zero-order chi connectivity index (χ0) is 18.3. The highest BCUT2D eigenvalue weighted by Crippen LogP contribution is 2.35. The molecular weight excluding hydrogens is 352 g/mol. The standard InChI is InChI=1S/C18H16N4O3S/c1-10-16(12-5-7-15(23)19-9-12)20-18-22(10)21-17(26-18)11-4-6-13(24-2)14(8-11)25-3/h4-9H,1-3H3,(H,19,23). The van der Waals surface area contributed by atoms with E-state index in [0.717, 1.165) is 32.5 Å². The van der Waals surface area contributed by atoms with Gasteiger partial charge in [0.05, 0.1) is 25.6 Å². The quantitative estimate of drug-likeness (QED) is 0.593. The van der Waals surface area contributed by atoms with E-state index in [1.807, 2.05) is 29.6 Å². The van der Waals surface area contributed by atoms with Crippen LogP contribution < -0.4 is 9.47 Å². The Bertz CT molecular complexity index is 1090. The number of methoxy groups -OCH3 is 2. The van der Waals surface area contributed by atoms with Gasteiger partial charge in [0.1, 0.15) is 5.01 Å². The fourth-order valence-electron chi connectivity index (χ4n) is 2.73. The summed E-state index contributed by atoms with van der Waals surface area (Å²) in [4.78, 5) is 9.38. The zero-order valence-electron chi connectivity index (χ0n) is 14.4. The van der Waals surface area contributed by atoms with Crippen LogP contribution in [0.3, 0.4) is 0 Å². The highest BCUT2D eigenvalue weighted by Gasteiger charge is 2.17. The molecule has 26 heavy (non-hydrogen) atoms. The summed E-state index contributed by atoms with van der Waals surface area (Å²) < 4.78 is 12.5. The first-order chi connectivity index (χ1) is 12.6. The van der Waals surface area contributed by atoms with Crippen LogP contribution in [0.25, 0.3) is 26.8 Å². The van der Waals surface area contributed by atoms with Crippen LogP contribution in [0.2, 0.25) is 0 Å². The van der Waals surface area contributed by atoms with Gasteiger partial charge >= 0.3 is 0 Å². The van der Waals surface area contributed by atoms with E-state index in [2.05, 4.69) is 15.1 Å². The van der Waals surface area contributed by atoms with Crippen molar-refractivity contribution < 1.29 is 14.6 Å². The average Bonchev–Trinajstić information content (AvgIpc) is 3.21. The average molecular weight is 368 g/mol. The van der Waals surface area contributed by atoms with Crippen molar-refractivity contribution in [3.8, 4) is 39.2 Å². The maximum atomic E-state index is 9.35. The molecule has 3 heterocycles. The van der Waals surface area contributed by atoms with Crippen molar-refractivity contribution in [3.63, 3.8) is 0 Å². The minimum Gasteiger partial charge on any atom is -0.493 e. The number of aromatic nitrogens is 4. The topological polar surface area (TPSA) is 81.8 Å². The fourth-order valence-corrected chi connectivity index (χ4v) is 3.68. The molecule has 0 aliphatic heterocycles. The van der Waals surface area contributed by atoms with Gasteiger partial charge in [-0.2, -0.15) is 5.10 Å². The van der Waals surface area contributed by atoms with Crippen LogP contribution in [-0.4, -0.2) is 38.9 Å². The number of hydrogen-bond donors (Lipinski definition) is 1. The van der Waals surface area contributed by atoms with Crippen molar-refractivity contribution in [3.05, 3.63) is 42.2 Å². The van der Waals surface area contributed by atoms with Crippen molar-refractivity contribution in [1.82, 2.24) is 19.6 Å². The number of benzene rings is 1. The molecule has 0 unspecified atom stereocenters. The molecule has 3 aromatic heterocycles. The molecule has 0 spiro atoms. The van der Waals surface area contributed by atoms with Crippen molar-refractivity contribution in [2.45, 2.75) is 6.92 Å². The summed E-state index contributed by atoms with van der Waals surface area (Å²) in [5.41, 5.74) is 3.49. The second-order valence-electron chi connectivity index (χ2n) is 5.62. The normalized spacial score (nSPS) is 11.0. The first-order valence-corrected chi connectivity index (χ1v) is 8.66. The molecule has 0 atom stereocenters. The fraction of sp³-hybridized carbons (Fsp3) is 0.167. The summed E-state index contributed by atoms with van der Waals surface area (Å²) in [6.45, 7) is 1.96. The summed E-state index contributed by atoms with van der Waals surface area (Å²) in [6.07, 6.45) is 1.60. The third kappa shape index (κ3) is 2.64. The SMILES string of the molecule is COc1ccc(-c2nn3c(C)c(-c4ccc(O)nc4)nc3s2)cc1OC. The van der Waals surface area contributed by atoms with E-state index < -0.39 is 0 Å². The summed E-state index contributed by atoms with van der Waals surface area (Å²) in [5, 5.41) is 14.9. The van der Waals surface area contributed by atoms with E-state index in [1.54, 1.807) is 32.5 Å². The van der Waals surface area contributed by atoms with E-state index in [4.69, 9.17) is 9.47 Å². The van der Waals surface area contributed by atoms with Gasteiger partial charge in [-0.15, -0.1) is 0 Å². The van der Waals surface area contributed by atoms with Crippen molar-refractivity contribution in [2.75, 3.05) is 14.2 Å². The maximum absolute atomic E-state index is 9.35. The molecule has 132 valence electrons. The Balaban J connectivity index is 1.77. The van der Waals surface area contributed by atoms with Gasteiger partial charge in [-0.1, -0.05) is 11.3 Å². The smallest absolute Gasteiger partial charge is 0.213 e. The Kier molecular flexibility index (Phi) is 3.96. The van der Waals surface area contributed by atoms with E-state index in [0.29, 0.717) is 11.5 Å². The lowest BCUT2D eigenvalue weighted by molar-refractivity contribution is 0.355. The second kappa shape index (κ2) is 6.30. The van der Waals surface area contributed by atoms with Crippen LogP contribution in [0.15, 0.2) is 36.5 Å². The molecule has 0 aliphatic rings. The highest BCUT2D eigenvalue weighted by molar-refractivity contribution is 7.19. The summed E-state index contributed by atoms with van der Waals surface area (Å²) >= 11 is 1.49. The maximum Gasteiger partial charge on any atom is 0.213 e. The lowest BCUT2D eigenvalue weighted by Crippen LogP contribution is -1.92. The monoisotopic (exact) mass is 368 g/mol. The summed E-state index contributed by atoms with van der Waals surface area (Å²) in [7, 11) is 3.22. The molecule has 8 heteroatoms. The number of hydrogen-bond acceptors (Lipinski definition) is 7. The number of imidazole rings is 1. The molecule has 0 aliphatic carbocycles. The van der Waals surface area contributed by atoms with E-state index in [-0.39, 0.29) is 5.88 Å². The molecule has 1 N–H and O–H groups in total. The molecule has 0 saturated heterocycles. The minimum atomic E-state index is -0.0127. The van der Waals surface area contributed by atoms with Gasteiger partial charge in [0.2, 0.25) is 10.8 Å². The van der Waals surface area contributed by atoms with Crippen LogP contribution in [0.1, 0.15) is 5.69 Å². The lowest BCUT2D eigenvalue weighted by Gasteiger charge is -2.07. The third-order valence-electron chi connectivity index (χ3n) is 4.08. The van der Waals surface area contributed by atoms with Crippen molar-refractivity contribution in [1.29, 1.82) is 0 Å². The van der Waals surface area contributed by atoms with Crippen LogP contribution in [0, 0.1) is 6.92 Å². The van der Waals surface area contributed by atoms with Gasteiger partial charge in [0, 0.05) is 23.4 Å². The largest absolute Gasteiger partial charge is 0.493 e. The molecule has 7 nitrogen and oxygen atoms in total. The van der Waals surface area contributed by atoms with Gasteiger partial charge in [-0.05, 0) is 31.2 Å². The molecule has 0 saturated carbocycles. The predicted octanol–water partition coefficient (Wildman–Crippen LogP) is 3.55. The van der Waals surface area contributed by atoms with E-state index in [1.165, 1.54) is 11.3 Å². The number of pyridine rings is 1. The molecule has 4 aromatic rings. The Morgan fingerprint density at radius 1 is 1.04 bits per heavy atom. The van der Waals surface area contributed by atoms with Gasteiger partial charge in [0.15, 0.2) is 11.5 Å². The van der Waals surface area contributed by atoms with Crippen LogP contribution in [0.4, 0.5) is 0 Å². The molecule has 0 bridgehead atoms. The first kappa shape index (κ1) is 16.3. The van der Waals surface area contributed by atoms with Crippen LogP contribution >= 0.6 is 11.3 Å². The Morgan fingerprint density at radius 3 is 2.46 bits per heavy atom. The van der Waals surface area contributed by atoms with E-state index >= 15 is 0 Å². The van der Waals surface area contributed by atoms with Gasteiger partial charge in [0.25, 0.3) is 0 Å². The number of aromatic hydroxyl groups is 1. The lowest BCUT2D eigenvalue weighted by atomic mass is 10.2. The van der Waals surface area contributed by atoms with E-state index in [9.17, 15) is 5.11 Å². The van der Waals surface area contributed by atoms with Gasteiger partial charge < -0.3 is 14.6 Å². The predicted molar refractivity (Wildman–Crippen MR) is 99.0 cm³/mol. The second-order valence-corrected chi connectivity index (χ2v) is 6.58. The molecule has 0 radical (unpaired) electrons. The number of ether oxygens (including phenoxy) is 2. The molecule has 1 aromatic carbocycles. The Hall–Kier alpha value is -3.13. The number of nitrogens with zero attached hydrogens (tertiary/aromatic N) is 4. The first-order valence-electron chi connectivity index (χ1n) is 7.84. The summed E-state index contributed by atoms with van der Waals surface area (Å²) in [5.74, 6) is 1.32. The molecule has 0 fully saturated rings. The number of aryl methyl sites for hydroxylation is 1. The number of rotatable bonds is 4. The Labute approximate surface area is 153 Å². The van der Waals surface area contributed by atoms with Crippen LogP contribution in [0.5, 0.6) is 17.4 Å². The number of fused-ring (bicyclic) bond motifs is 1.